The molecule has 17 heavy (non-hydrogen) atoms. The molecule has 0 aliphatic carbocycles. The molecule has 7 heteroatoms. The number of benzene rings is 1. The van der Waals surface area contributed by atoms with Crippen molar-refractivity contribution in [2.24, 2.45) is 5.73 Å². The minimum atomic E-state index is -1.51. The molecule has 2 rings (SSSR count). The second-order valence-electron chi connectivity index (χ2n) is 3.55. The summed E-state index contributed by atoms with van der Waals surface area (Å²) < 4.78 is 13.2. The van der Waals surface area contributed by atoms with Gasteiger partial charge < -0.3 is 11.5 Å². The Kier molecular flexibility index (Phi) is 3.12. The van der Waals surface area contributed by atoms with Gasteiger partial charge in [0.25, 0.3) is 0 Å². The van der Waals surface area contributed by atoms with Gasteiger partial charge in [-0.1, -0.05) is 0 Å². The first-order chi connectivity index (χ1) is 7.99. The number of hydrogen-bond donors (Lipinski definition) is 2. The quantitative estimate of drug-likeness (QED) is 0.807. The molecule has 4 N–H and O–H groups in total. The van der Waals surface area contributed by atoms with Crippen LogP contribution in [-0.4, -0.2) is 20.3 Å². The van der Waals surface area contributed by atoms with Crippen LogP contribution in [0.25, 0.3) is 10.2 Å². The van der Waals surface area contributed by atoms with Gasteiger partial charge >= 0.3 is 0 Å². The van der Waals surface area contributed by atoms with E-state index in [0.717, 1.165) is 10.2 Å². The summed E-state index contributed by atoms with van der Waals surface area (Å²) in [4.78, 5) is 15.2. The van der Waals surface area contributed by atoms with Gasteiger partial charge in [0.2, 0.25) is 5.91 Å². The van der Waals surface area contributed by atoms with Gasteiger partial charge in [-0.3, -0.25) is 9.00 Å². The molecule has 0 fully saturated rings. The predicted octanol–water partition coefficient (Wildman–Crippen LogP) is 0.860. The zero-order valence-electron chi connectivity index (χ0n) is 9.04. The molecule has 90 valence electrons. The molecule has 0 saturated carbocycles. The Balaban J connectivity index is 2.43. The Morgan fingerprint density at radius 3 is 2.88 bits per heavy atom. The molecule has 5 nitrogen and oxygen atoms in total. The number of hydrogen-bond acceptors (Lipinski definition) is 5. The van der Waals surface area contributed by atoms with Crippen LogP contribution in [-0.2, 0) is 15.6 Å². The summed E-state index contributed by atoms with van der Waals surface area (Å²) in [7, 11) is -1.51. The monoisotopic (exact) mass is 269 g/mol. The van der Waals surface area contributed by atoms with E-state index in [1.54, 1.807) is 18.2 Å². The lowest BCUT2D eigenvalue weighted by atomic mass is 10.3. The number of nitrogens with two attached hydrogens (primary N) is 2. The van der Waals surface area contributed by atoms with Crippen LogP contribution in [0.2, 0.25) is 0 Å². The fourth-order valence-corrected chi connectivity index (χ4v) is 3.74. The standard InChI is InChI=1S/C10H11N3O2S2/c1-5(9(12)14)17(15)10-13-7-3-2-6(11)4-8(7)16-10/h2-5H,11H2,1H3,(H2,12,14). The van der Waals surface area contributed by atoms with Gasteiger partial charge in [-0.25, -0.2) is 4.98 Å². The molecule has 1 aromatic carbocycles. The minimum absolute atomic E-state index is 0.400. The highest BCUT2D eigenvalue weighted by molar-refractivity contribution is 7.88. The van der Waals surface area contributed by atoms with Gasteiger partial charge in [-0.05, 0) is 25.1 Å². The van der Waals surface area contributed by atoms with E-state index in [-0.39, 0.29) is 0 Å². The molecular formula is C10H11N3O2S2. The van der Waals surface area contributed by atoms with Gasteiger partial charge in [0.05, 0.1) is 21.0 Å². The molecule has 0 saturated heterocycles. The summed E-state index contributed by atoms with van der Waals surface area (Å²) in [6.07, 6.45) is 0. The second-order valence-corrected chi connectivity index (χ2v) is 6.53. The highest BCUT2D eigenvalue weighted by Gasteiger charge is 2.21. The molecular weight excluding hydrogens is 258 g/mol. The first kappa shape index (κ1) is 12.0. The molecule has 2 atom stereocenters. The largest absolute Gasteiger partial charge is 0.399 e. The van der Waals surface area contributed by atoms with Gasteiger partial charge in [-0.15, -0.1) is 11.3 Å². The van der Waals surface area contributed by atoms with Gasteiger partial charge in [0, 0.05) is 5.69 Å². The second kappa shape index (κ2) is 4.42. The van der Waals surface area contributed by atoms with Gasteiger partial charge in [0.1, 0.15) is 5.25 Å². The maximum Gasteiger partial charge on any atom is 0.233 e. The van der Waals surface area contributed by atoms with E-state index in [1.807, 2.05) is 0 Å². The van der Waals surface area contributed by atoms with Crippen LogP contribution >= 0.6 is 11.3 Å². The number of nitrogens with zero attached hydrogens (tertiary/aromatic N) is 1. The Labute approximate surface area is 104 Å². The van der Waals surface area contributed by atoms with Crippen LogP contribution in [0, 0.1) is 0 Å². The number of primary amides is 1. The van der Waals surface area contributed by atoms with E-state index in [0.29, 0.717) is 10.0 Å². The third-order valence-corrected chi connectivity index (χ3v) is 5.15. The summed E-state index contributed by atoms with van der Waals surface area (Å²) in [5.41, 5.74) is 12.1. The number of carbonyl (C=O) groups excluding carboxylic acids is 1. The van der Waals surface area contributed by atoms with Crippen LogP contribution in [0.15, 0.2) is 22.5 Å². The summed E-state index contributed by atoms with van der Waals surface area (Å²) in [5, 5.41) is -0.743. The van der Waals surface area contributed by atoms with Crippen molar-refractivity contribution >= 4 is 43.9 Å². The number of aromatic nitrogens is 1. The van der Waals surface area contributed by atoms with Crippen molar-refractivity contribution in [3.8, 4) is 0 Å². The van der Waals surface area contributed by atoms with E-state index < -0.39 is 22.0 Å². The SMILES string of the molecule is CC(C(N)=O)S(=O)c1nc2ccc(N)cc2s1. The molecule has 2 aromatic rings. The van der Waals surface area contributed by atoms with Crippen molar-refractivity contribution in [1.29, 1.82) is 0 Å². The molecule has 2 unspecified atom stereocenters. The zero-order valence-corrected chi connectivity index (χ0v) is 10.7. The van der Waals surface area contributed by atoms with Crippen LogP contribution in [0.5, 0.6) is 0 Å². The van der Waals surface area contributed by atoms with E-state index in [4.69, 9.17) is 11.5 Å². The molecule has 0 bridgehead atoms. The summed E-state index contributed by atoms with van der Waals surface area (Å²) in [6, 6.07) is 5.26. The topological polar surface area (TPSA) is 99.1 Å². The molecule has 1 heterocycles. The van der Waals surface area contributed by atoms with Crippen molar-refractivity contribution in [2.45, 2.75) is 16.5 Å². The number of amides is 1. The van der Waals surface area contributed by atoms with E-state index in [9.17, 15) is 9.00 Å². The summed E-state index contributed by atoms with van der Waals surface area (Å²) in [6.45, 7) is 1.53. The first-order valence-corrected chi connectivity index (χ1v) is 6.88. The number of thiazole rings is 1. The number of rotatable bonds is 3. The highest BCUT2D eigenvalue weighted by atomic mass is 32.2. The Morgan fingerprint density at radius 1 is 1.53 bits per heavy atom. The van der Waals surface area contributed by atoms with Gasteiger partial charge in [0.15, 0.2) is 4.34 Å². The number of anilines is 1. The lowest BCUT2D eigenvalue weighted by molar-refractivity contribution is -0.117. The third-order valence-electron chi connectivity index (χ3n) is 2.29. The van der Waals surface area contributed by atoms with Crippen molar-refractivity contribution in [2.75, 3.05) is 5.73 Å². The molecule has 0 radical (unpaired) electrons. The summed E-state index contributed by atoms with van der Waals surface area (Å²) >= 11 is 1.27. The fourth-order valence-electron chi connectivity index (χ4n) is 1.26. The normalized spacial score (nSPS) is 14.6. The van der Waals surface area contributed by atoms with Crippen LogP contribution in [0.3, 0.4) is 0 Å². The Hall–Kier alpha value is -1.47. The van der Waals surface area contributed by atoms with E-state index in [1.165, 1.54) is 18.3 Å². The smallest absolute Gasteiger partial charge is 0.233 e. The number of nitrogen functional groups attached to an aromatic ring is 1. The average Bonchev–Trinajstić information content (AvgIpc) is 2.69. The lowest BCUT2D eigenvalue weighted by Crippen LogP contribution is -2.29. The summed E-state index contributed by atoms with van der Waals surface area (Å²) in [5.74, 6) is -0.595. The van der Waals surface area contributed by atoms with E-state index >= 15 is 0 Å². The third kappa shape index (κ3) is 2.29. The maximum atomic E-state index is 12.0. The minimum Gasteiger partial charge on any atom is -0.399 e. The van der Waals surface area contributed by atoms with Crippen LogP contribution < -0.4 is 11.5 Å². The molecule has 0 spiro atoms. The maximum absolute atomic E-state index is 12.0. The van der Waals surface area contributed by atoms with E-state index in [2.05, 4.69) is 4.98 Å². The van der Waals surface area contributed by atoms with Crippen LogP contribution in [0.4, 0.5) is 5.69 Å². The predicted molar refractivity (Wildman–Crippen MR) is 69.1 cm³/mol. The molecule has 0 aliphatic heterocycles. The van der Waals surface area contributed by atoms with Crippen LogP contribution in [0.1, 0.15) is 6.92 Å². The molecule has 0 aliphatic rings. The van der Waals surface area contributed by atoms with Crippen molar-refractivity contribution in [1.82, 2.24) is 4.98 Å². The Morgan fingerprint density at radius 2 is 2.24 bits per heavy atom. The number of carbonyl (C=O) groups is 1. The zero-order chi connectivity index (χ0) is 12.6. The lowest BCUT2D eigenvalue weighted by Gasteiger charge is -2.02. The Bertz CT molecular complexity index is 609. The molecule has 1 amide bonds. The fraction of sp³-hybridized carbons (Fsp3) is 0.200. The van der Waals surface area contributed by atoms with Gasteiger partial charge in [-0.2, -0.15) is 0 Å². The number of fused-ring (bicyclic) bond motifs is 1. The van der Waals surface area contributed by atoms with Crippen molar-refractivity contribution < 1.29 is 9.00 Å². The van der Waals surface area contributed by atoms with Crippen molar-refractivity contribution in [3.63, 3.8) is 0 Å². The molecule has 1 aromatic heterocycles. The highest BCUT2D eigenvalue weighted by Crippen LogP contribution is 2.27. The van der Waals surface area contributed by atoms with Crippen molar-refractivity contribution in [3.05, 3.63) is 18.2 Å². The average molecular weight is 269 g/mol. The first-order valence-electron chi connectivity index (χ1n) is 4.85.